The van der Waals surface area contributed by atoms with Gasteiger partial charge >= 0.3 is 11.9 Å². The van der Waals surface area contributed by atoms with Gasteiger partial charge in [0.2, 0.25) is 5.91 Å². The van der Waals surface area contributed by atoms with Crippen LogP contribution in [0.2, 0.25) is 0 Å². The summed E-state index contributed by atoms with van der Waals surface area (Å²) in [7, 11) is 1.32. The number of nitrogens with zero attached hydrogens (tertiary/aromatic N) is 1. The summed E-state index contributed by atoms with van der Waals surface area (Å²) in [6, 6.07) is 7.04. The lowest BCUT2D eigenvalue weighted by Gasteiger charge is -2.53. The van der Waals surface area contributed by atoms with Gasteiger partial charge in [-0.25, -0.2) is 4.79 Å². The summed E-state index contributed by atoms with van der Waals surface area (Å²) in [4.78, 5) is 43.4. The van der Waals surface area contributed by atoms with Crippen LogP contribution in [-0.2, 0) is 35.8 Å². The number of piperidine rings is 1. The van der Waals surface area contributed by atoms with E-state index < -0.39 is 23.5 Å². The summed E-state index contributed by atoms with van der Waals surface area (Å²) in [5, 5.41) is 0.993. The van der Waals surface area contributed by atoms with E-state index in [0.29, 0.717) is 12.8 Å². The molecular weight excluding hydrogens is 360 g/mol. The Morgan fingerprint density at radius 3 is 2.75 bits per heavy atom. The van der Waals surface area contributed by atoms with Crippen molar-refractivity contribution in [1.82, 2.24) is 9.88 Å². The number of amides is 1. The monoisotopic (exact) mass is 384 g/mol. The number of aromatic amines is 1. The zero-order valence-electron chi connectivity index (χ0n) is 16.3. The molecular formula is C21H24N2O5. The molecule has 0 bridgehead atoms. The number of H-pyrrole nitrogens is 1. The fraction of sp³-hybridized carbons (Fsp3) is 0.476. The van der Waals surface area contributed by atoms with Crippen molar-refractivity contribution in [3.05, 3.63) is 35.5 Å². The number of rotatable bonds is 3. The minimum atomic E-state index is -1.01. The number of fused-ring (bicyclic) bond motifs is 5. The fourth-order valence-corrected chi connectivity index (χ4v) is 4.93. The number of carbonyl (C=O) groups is 3. The predicted molar refractivity (Wildman–Crippen MR) is 101 cm³/mol. The van der Waals surface area contributed by atoms with Crippen LogP contribution in [0.25, 0.3) is 10.9 Å². The lowest BCUT2D eigenvalue weighted by Crippen LogP contribution is -2.66. The first-order valence-electron chi connectivity index (χ1n) is 9.60. The molecule has 1 amide bonds. The Labute approximate surface area is 163 Å². The fourth-order valence-electron chi connectivity index (χ4n) is 4.93. The molecule has 0 unspecified atom stereocenters. The highest BCUT2D eigenvalue weighted by Crippen LogP contribution is 2.50. The first-order valence-corrected chi connectivity index (χ1v) is 9.60. The summed E-state index contributed by atoms with van der Waals surface area (Å²) in [5.74, 6) is -1.54. The van der Waals surface area contributed by atoms with Crippen LogP contribution in [0.1, 0.15) is 37.9 Å². The van der Waals surface area contributed by atoms with E-state index in [4.69, 9.17) is 9.47 Å². The molecule has 0 spiro atoms. The van der Waals surface area contributed by atoms with Gasteiger partial charge in [-0.3, -0.25) is 9.59 Å². The number of ether oxygens (including phenoxy) is 2. The quantitative estimate of drug-likeness (QED) is 0.820. The van der Waals surface area contributed by atoms with Gasteiger partial charge in [0.1, 0.15) is 6.04 Å². The summed E-state index contributed by atoms with van der Waals surface area (Å²) < 4.78 is 10.4. The number of aromatic nitrogens is 1. The van der Waals surface area contributed by atoms with E-state index in [2.05, 4.69) is 4.98 Å². The second-order valence-corrected chi connectivity index (χ2v) is 7.52. The highest BCUT2D eigenvalue weighted by molar-refractivity contribution is 5.93. The molecule has 4 rings (SSSR count). The molecule has 1 aromatic carbocycles. The molecule has 7 heteroatoms. The second-order valence-electron chi connectivity index (χ2n) is 7.52. The standard InChI is InChI=1S/C21H24N2O5/c1-4-28-19(25)14-9-10-17(24)23-16(20(26)27-3)11-13-12-7-5-6-8-15(12)22-18(13)21(14,23)2/h5-8,14,16,22H,4,9-11H2,1-3H3/t14-,16+,21+/m1/s1. The number of para-hydroxylation sites is 1. The molecule has 3 heterocycles. The number of carbonyl (C=O) groups excluding carboxylic acids is 3. The molecule has 2 aromatic rings. The van der Waals surface area contributed by atoms with E-state index in [0.717, 1.165) is 22.2 Å². The minimum Gasteiger partial charge on any atom is -0.467 e. The first kappa shape index (κ1) is 18.5. The summed E-state index contributed by atoms with van der Waals surface area (Å²) in [6.45, 7) is 3.88. The van der Waals surface area contributed by atoms with E-state index in [1.165, 1.54) is 7.11 Å². The second kappa shape index (κ2) is 6.65. The molecule has 7 nitrogen and oxygen atoms in total. The van der Waals surface area contributed by atoms with Gasteiger partial charge in [-0.2, -0.15) is 0 Å². The minimum absolute atomic E-state index is 0.150. The average Bonchev–Trinajstić information content (AvgIpc) is 3.06. The van der Waals surface area contributed by atoms with E-state index in [1.54, 1.807) is 11.8 Å². The Bertz CT molecular complexity index is 965. The van der Waals surface area contributed by atoms with Gasteiger partial charge in [0.25, 0.3) is 0 Å². The predicted octanol–water partition coefficient (Wildman–Crippen LogP) is 2.28. The molecule has 1 aromatic heterocycles. The molecule has 0 radical (unpaired) electrons. The molecule has 2 aliphatic heterocycles. The third-order valence-corrected chi connectivity index (χ3v) is 6.17. The van der Waals surface area contributed by atoms with Gasteiger partial charge in [0.05, 0.1) is 25.2 Å². The molecule has 0 saturated carbocycles. The van der Waals surface area contributed by atoms with Gasteiger partial charge in [-0.1, -0.05) is 18.2 Å². The zero-order chi connectivity index (χ0) is 20.1. The highest BCUT2D eigenvalue weighted by Gasteiger charge is 2.58. The maximum Gasteiger partial charge on any atom is 0.328 e. The van der Waals surface area contributed by atoms with Crippen LogP contribution in [0.4, 0.5) is 0 Å². The number of hydrogen-bond acceptors (Lipinski definition) is 5. The summed E-state index contributed by atoms with van der Waals surface area (Å²) in [5.41, 5.74) is 1.67. The van der Waals surface area contributed by atoms with Crippen LogP contribution in [0, 0.1) is 5.92 Å². The molecule has 1 N–H and O–H groups in total. The van der Waals surface area contributed by atoms with Crippen molar-refractivity contribution < 1.29 is 23.9 Å². The van der Waals surface area contributed by atoms with Crippen LogP contribution >= 0.6 is 0 Å². The maximum absolute atomic E-state index is 13.0. The lowest BCUT2D eigenvalue weighted by atomic mass is 9.70. The van der Waals surface area contributed by atoms with Crippen LogP contribution in [0.15, 0.2) is 24.3 Å². The first-order chi connectivity index (χ1) is 13.4. The van der Waals surface area contributed by atoms with Gasteiger partial charge in [0.15, 0.2) is 0 Å². The largest absolute Gasteiger partial charge is 0.467 e. The SMILES string of the molecule is CCOC(=O)[C@H]1CCC(=O)N2[C@H](C(=O)OC)Cc3c([nH]c4ccccc34)[C@]12C. The van der Waals surface area contributed by atoms with E-state index >= 15 is 0 Å². The van der Waals surface area contributed by atoms with Crippen molar-refractivity contribution in [1.29, 1.82) is 0 Å². The topological polar surface area (TPSA) is 88.7 Å². The number of esters is 2. The van der Waals surface area contributed by atoms with Crippen molar-refractivity contribution >= 4 is 28.7 Å². The van der Waals surface area contributed by atoms with Crippen LogP contribution in [0.5, 0.6) is 0 Å². The lowest BCUT2D eigenvalue weighted by molar-refractivity contribution is -0.176. The molecule has 28 heavy (non-hydrogen) atoms. The third kappa shape index (κ3) is 2.45. The van der Waals surface area contributed by atoms with Gasteiger partial charge in [-0.15, -0.1) is 0 Å². The molecule has 3 atom stereocenters. The molecule has 0 aliphatic carbocycles. The molecule has 2 aliphatic rings. The summed E-state index contributed by atoms with van der Waals surface area (Å²) >= 11 is 0. The van der Waals surface area contributed by atoms with Gasteiger partial charge in [0, 0.05) is 29.4 Å². The Hall–Kier alpha value is -2.83. The number of nitrogens with one attached hydrogen (secondary N) is 1. The van der Waals surface area contributed by atoms with Crippen molar-refractivity contribution in [2.24, 2.45) is 5.92 Å². The van der Waals surface area contributed by atoms with Gasteiger partial charge in [-0.05, 0) is 31.9 Å². The van der Waals surface area contributed by atoms with Crippen molar-refractivity contribution in [2.45, 2.75) is 44.7 Å². The Kier molecular flexibility index (Phi) is 4.40. The van der Waals surface area contributed by atoms with E-state index in [9.17, 15) is 14.4 Å². The van der Waals surface area contributed by atoms with Crippen LogP contribution in [0.3, 0.4) is 0 Å². The third-order valence-electron chi connectivity index (χ3n) is 6.17. The molecule has 1 saturated heterocycles. The average molecular weight is 384 g/mol. The van der Waals surface area contributed by atoms with Crippen LogP contribution < -0.4 is 0 Å². The number of benzene rings is 1. The van der Waals surface area contributed by atoms with Gasteiger partial charge < -0.3 is 19.4 Å². The Morgan fingerprint density at radius 2 is 2.04 bits per heavy atom. The molecule has 1 fully saturated rings. The Balaban J connectivity index is 1.97. The van der Waals surface area contributed by atoms with E-state index in [1.807, 2.05) is 31.2 Å². The van der Waals surface area contributed by atoms with Crippen molar-refractivity contribution in [3.8, 4) is 0 Å². The van der Waals surface area contributed by atoms with Crippen molar-refractivity contribution in [3.63, 3.8) is 0 Å². The highest BCUT2D eigenvalue weighted by atomic mass is 16.5. The zero-order valence-corrected chi connectivity index (χ0v) is 16.3. The van der Waals surface area contributed by atoms with Crippen LogP contribution in [-0.4, -0.2) is 47.5 Å². The number of hydrogen-bond donors (Lipinski definition) is 1. The van der Waals surface area contributed by atoms with E-state index in [-0.39, 0.29) is 24.9 Å². The number of methoxy groups -OCH3 is 1. The maximum atomic E-state index is 13.0. The van der Waals surface area contributed by atoms with Crippen molar-refractivity contribution in [2.75, 3.05) is 13.7 Å². The molecule has 148 valence electrons. The smallest absolute Gasteiger partial charge is 0.328 e. The summed E-state index contributed by atoms with van der Waals surface area (Å²) in [6.07, 6.45) is 0.929. The normalized spacial score (nSPS) is 26.5. The Morgan fingerprint density at radius 1 is 1.29 bits per heavy atom.